The number of hydrogen-bond acceptors (Lipinski definition) is 5. The number of carbonyl (C=O) groups is 2. The Balaban J connectivity index is 1.93. The van der Waals surface area contributed by atoms with Gasteiger partial charge in [-0.3, -0.25) is 9.59 Å². The average molecular weight is 356 g/mol. The quantitative estimate of drug-likeness (QED) is 0.448. The summed E-state index contributed by atoms with van der Waals surface area (Å²) in [6.45, 7) is -0.556. The molecule has 0 N–H and O–H groups in total. The first-order chi connectivity index (χ1) is 12.0. The van der Waals surface area contributed by atoms with Crippen molar-refractivity contribution in [3.05, 3.63) is 23.8 Å². The predicted octanol–water partition coefficient (Wildman–Crippen LogP) is 3.53. The SMILES string of the molecule is CCOC(=O)CC(=O)CCc1ccc(OC(F)F)c(OCC2CC2)c1. The minimum atomic E-state index is -2.93. The van der Waals surface area contributed by atoms with Gasteiger partial charge in [-0.15, -0.1) is 0 Å². The second kappa shape index (κ2) is 9.34. The van der Waals surface area contributed by atoms with E-state index in [0.29, 0.717) is 18.9 Å². The summed E-state index contributed by atoms with van der Waals surface area (Å²) in [7, 11) is 0. The van der Waals surface area contributed by atoms with E-state index >= 15 is 0 Å². The largest absolute Gasteiger partial charge is 0.489 e. The fraction of sp³-hybridized carbons (Fsp3) is 0.556. The van der Waals surface area contributed by atoms with E-state index in [1.807, 2.05) is 0 Å². The summed E-state index contributed by atoms with van der Waals surface area (Å²) in [5.41, 5.74) is 0.754. The van der Waals surface area contributed by atoms with E-state index in [0.717, 1.165) is 18.4 Å². The summed E-state index contributed by atoms with van der Waals surface area (Å²) in [4.78, 5) is 23.0. The Morgan fingerprint density at radius 2 is 2.00 bits per heavy atom. The Bertz CT molecular complexity index is 599. The molecule has 0 atom stereocenters. The second-order valence-electron chi connectivity index (χ2n) is 5.93. The molecule has 0 aromatic heterocycles. The third-order valence-corrected chi connectivity index (χ3v) is 3.73. The lowest BCUT2D eigenvalue weighted by Crippen LogP contribution is -2.11. The maximum absolute atomic E-state index is 12.5. The van der Waals surface area contributed by atoms with E-state index < -0.39 is 12.6 Å². The van der Waals surface area contributed by atoms with Crippen LogP contribution in [0.1, 0.15) is 38.2 Å². The number of halogens is 2. The number of alkyl halides is 2. The molecular formula is C18H22F2O5. The van der Waals surface area contributed by atoms with Gasteiger partial charge in [0.25, 0.3) is 0 Å². The van der Waals surface area contributed by atoms with Crippen LogP contribution in [0.5, 0.6) is 11.5 Å². The number of ether oxygens (including phenoxy) is 3. The third kappa shape index (κ3) is 7.07. The highest BCUT2D eigenvalue weighted by atomic mass is 19.3. The van der Waals surface area contributed by atoms with Gasteiger partial charge in [0.15, 0.2) is 11.5 Å². The van der Waals surface area contributed by atoms with Gasteiger partial charge in [-0.1, -0.05) is 6.07 Å². The number of rotatable bonds is 11. The molecule has 1 fully saturated rings. The molecule has 7 heteroatoms. The molecule has 0 spiro atoms. The van der Waals surface area contributed by atoms with Crippen molar-refractivity contribution in [3.8, 4) is 11.5 Å². The van der Waals surface area contributed by atoms with Crippen molar-refractivity contribution in [2.75, 3.05) is 13.2 Å². The summed E-state index contributed by atoms with van der Waals surface area (Å²) < 4.78 is 39.8. The Hall–Kier alpha value is -2.18. The third-order valence-electron chi connectivity index (χ3n) is 3.73. The van der Waals surface area contributed by atoms with Crippen LogP contribution in [0.2, 0.25) is 0 Å². The van der Waals surface area contributed by atoms with Crippen LogP contribution in [0, 0.1) is 5.92 Å². The van der Waals surface area contributed by atoms with Gasteiger partial charge in [0.2, 0.25) is 0 Å². The fourth-order valence-corrected chi connectivity index (χ4v) is 2.25. The molecule has 0 aliphatic heterocycles. The molecule has 1 aliphatic carbocycles. The topological polar surface area (TPSA) is 61.8 Å². The number of hydrogen-bond donors (Lipinski definition) is 0. The van der Waals surface area contributed by atoms with Crippen LogP contribution in [-0.4, -0.2) is 31.6 Å². The lowest BCUT2D eigenvalue weighted by molar-refractivity contribution is -0.145. The van der Waals surface area contributed by atoms with Crippen molar-refractivity contribution in [3.63, 3.8) is 0 Å². The molecule has 138 valence electrons. The van der Waals surface area contributed by atoms with E-state index in [-0.39, 0.29) is 36.7 Å². The number of ketones is 1. The van der Waals surface area contributed by atoms with Gasteiger partial charge in [0.1, 0.15) is 12.2 Å². The van der Waals surface area contributed by atoms with Crippen LogP contribution >= 0.6 is 0 Å². The molecule has 5 nitrogen and oxygen atoms in total. The molecule has 1 saturated carbocycles. The van der Waals surface area contributed by atoms with Crippen molar-refractivity contribution in [2.45, 2.75) is 45.6 Å². The average Bonchev–Trinajstić information content (AvgIpc) is 3.36. The van der Waals surface area contributed by atoms with Crippen LogP contribution in [0.3, 0.4) is 0 Å². The van der Waals surface area contributed by atoms with Gasteiger partial charge in [0.05, 0.1) is 13.2 Å². The molecule has 1 aliphatic rings. The first-order valence-corrected chi connectivity index (χ1v) is 8.35. The van der Waals surface area contributed by atoms with E-state index in [1.165, 1.54) is 6.07 Å². The number of Topliss-reactive ketones (excluding diaryl/α,β-unsaturated/α-hetero) is 1. The van der Waals surface area contributed by atoms with Gasteiger partial charge in [0, 0.05) is 6.42 Å². The van der Waals surface area contributed by atoms with Gasteiger partial charge < -0.3 is 14.2 Å². The Kier molecular flexibility index (Phi) is 7.16. The monoisotopic (exact) mass is 356 g/mol. The molecule has 0 unspecified atom stereocenters. The van der Waals surface area contributed by atoms with Crippen LogP contribution in [0.25, 0.3) is 0 Å². The minimum Gasteiger partial charge on any atom is -0.489 e. The maximum atomic E-state index is 12.5. The van der Waals surface area contributed by atoms with Crippen LogP contribution in [-0.2, 0) is 20.7 Å². The van der Waals surface area contributed by atoms with E-state index in [2.05, 4.69) is 4.74 Å². The number of esters is 1. The molecule has 1 aromatic carbocycles. The smallest absolute Gasteiger partial charge is 0.387 e. The summed E-state index contributed by atoms with van der Waals surface area (Å²) in [5, 5.41) is 0. The Morgan fingerprint density at radius 1 is 1.24 bits per heavy atom. The summed E-state index contributed by atoms with van der Waals surface area (Å²) in [6.07, 6.45) is 2.44. The molecule has 0 amide bonds. The summed E-state index contributed by atoms with van der Waals surface area (Å²) in [6, 6.07) is 4.64. The molecule has 1 aromatic rings. The van der Waals surface area contributed by atoms with E-state index in [9.17, 15) is 18.4 Å². The van der Waals surface area contributed by atoms with Gasteiger partial charge >= 0.3 is 12.6 Å². The van der Waals surface area contributed by atoms with Crippen molar-refractivity contribution in [1.82, 2.24) is 0 Å². The highest BCUT2D eigenvalue weighted by Gasteiger charge is 2.23. The van der Waals surface area contributed by atoms with Crippen LogP contribution in [0.4, 0.5) is 8.78 Å². The highest BCUT2D eigenvalue weighted by Crippen LogP contribution is 2.34. The fourth-order valence-electron chi connectivity index (χ4n) is 2.25. The number of benzene rings is 1. The molecule has 0 radical (unpaired) electrons. The summed E-state index contributed by atoms with van der Waals surface area (Å²) >= 11 is 0. The Labute approximate surface area is 145 Å². The van der Waals surface area contributed by atoms with Crippen molar-refractivity contribution in [2.24, 2.45) is 5.92 Å². The second-order valence-corrected chi connectivity index (χ2v) is 5.93. The van der Waals surface area contributed by atoms with E-state index in [1.54, 1.807) is 19.1 Å². The number of aryl methyl sites for hydroxylation is 1. The molecule has 0 saturated heterocycles. The maximum Gasteiger partial charge on any atom is 0.387 e. The first-order valence-electron chi connectivity index (χ1n) is 8.35. The number of carbonyl (C=O) groups excluding carboxylic acids is 2. The highest BCUT2D eigenvalue weighted by molar-refractivity contribution is 5.95. The molecule has 2 rings (SSSR count). The zero-order valence-electron chi connectivity index (χ0n) is 14.1. The molecule has 0 heterocycles. The van der Waals surface area contributed by atoms with Crippen LogP contribution < -0.4 is 9.47 Å². The zero-order chi connectivity index (χ0) is 18.2. The predicted molar refractivity (Wildman–Crippen MR) is 85.9 cm³/mol. The van der Waals surface area contributed by atoms with Crippen molar-refractivity contribution >= 4 is 11.8 Å². The van der Waals surface area contributed by atoms with Crippen molar-refractivity contribution in [1.29, 1.82) is 0 Å². The van der Waals surface area contributed by atoms with Gasteiger partial charge in [-0.05, 0) is 49.8 Å². The standard InChI is InChI=1S/C18H22F2O5/c1-2-23-17(22)10-14(21)7-5-12-6-8-15(25-18(19)20)16(9-12)24-11-13-3-4-13/h6,8-9,13,18H,2-5,7,10-11H2,1H3. The molecular weight excluding hydrogens is 334 g/mol. The van der Waals surface area contributed by atoms with E-state index in [4.69, 9.17) is 9.47 Å². The Morgan fingerprint density at radius 3 is 2.64 bits per heavy atom. The van der Waals surface area contributed by atoms with Crippen molar-refractivity contribution < 1.29 is 32.6 Å². The normalized spacial score (nSPS) is 13.6. The first kappa shape index (κ1) is 19.1. The molecule has 25 heavy (non-hydrogen) atoms. The minimum absolute atomic E-state index is 0.0164. The van der Waals surface area contributed by atoms with Gasteiger partial charge in [-0.2, -0.15) is 8.78 Å². The van der Waals surface area contributed by atoms with Crippen LogP contribution in [0.15, 0.2) is 18.2 Å². The molecule has 0 bridgehead atoms. The van der Waals surface area contributed by atoms with Gasteiger partial charge in [-0.25, -0.2) is 0 Å². The summed E-state index contributed by atoms with van der Waals surface area (Å²) in [5.74, 6) is -0.0672. The lowest BCUT2D eigenvalue weighted by atomic mass is 10.1. The zero-order valence-corrected chi connectivity index (χ0v) is 14.1. The lowest BCUT2D eigenvalue weighted by Gasteiger charge is -2.13.